The molecule has 0 aliphatic heterocycles. The molecule has 3 unspecified atom stereocenters. The Morgan fingerprint density at radius 1 is 0.893 bits per heavy atom. The fourth-order valence-corrected chi connectivity index (χ4v) is 7.23. The zero-order chi connectivity index (χ0) is 19.7. The van der Waals surface area contributed by atoms with Crippen LogP contribution in [0.5, 0.6) is 0 Å². The summed E-state index contributed by atoms with van der Waals surface area (Å²) in [6.45, 7) is 0.0506. The number of aliphatic hydroxyl groups excluding tert-OH is 2. The van der Waals surface area contributed by atoms with E-state index in [9.17, 15) is 10.2 Å². The van der Waals surface area contributed by atoms with E-state index in [-0.39, 0.29) is 18.4 Å². The maximum absolute atomic E-state index is 10.8. The van der Waals surface area contributed by atoms with E-state index in [0.29, 0.717) is 12.8 Å². The molecule has 0 saturated heterocycles. The summed E-state index contributed by atoms with van der Waals surface area (Å²) in [4.78, 5) is 0. The molecule has 0 fully saturated rings. The molecule has 2 aromatic carbocycles. The summed E-state index contributed by atoms with van der Waals surface area (Å²) in [5.74, 6) is 0.171. The van der Waals surface area contributed by atoms with Gasteiger partial charge in [0, 0.05) is 0 Å². The van der Waals surface area contributed by atoms with E-state index >= 15 is 0 Å². The van der Waals surface area contributed by atoms with Gasteiger partial charge in [-0.05, 0) is 0 Å². The van der Waals surface area contributed by atoms with Gasteiger partial charge in [0.05, 0.1) is 0 Å². The van der Waals surface area contributed by atoms with Crippen LogP contribution in [0.1, 0.15) is 46.9 Å². The molecule has 2 aliphatic carbocycles. The zero-order valence-corrected chi connectivity index (χ0v) is 19.4. The van der Waals surface area contributed by atoms with Crippen molar-refractivity contribution in [1.82, 2.24) is 0 Å². The van der Waals surface area contributed by atoms with Crippen LogP contribution in [0.2, 0.25) is 0 Å². The first-order valence-corrected chi connectivity index (χ1v) is 17.3. The number of benzene rings is 2. The number of aliphatic hydroxyl groups is 2. The molecular formula is C23H23Cl2O2Zr. The van der Waals surface area contributed by atoms with Crippen LogP contribution in [-0.4, -0.2) is 20.6 Å². The summed E-state index contributed by atoms with van der Waals surface area (Å²) in [5.41, 5.74) is 4.51. The Labute approximate surface area is 181 Å². The average Bonchev–Trinajstić information content (AvgIpc) is 3.32. The average molecular weight is 494 g/mol. The quantitative estimate of drug-likeness (QED) is 0.526. The molecule has 2 aliphatic rings. The Morgan fingerprint density at radius 3 is 1.86 bits per heavy atom. The van der Waals surface area contributed by atoms with E-state index in [1.165, 1.54) is 22.3 Å². The molecule has 0 aromatic heterocycles. The molecule has 145 valence electrons. The second kappa shape index (κ2) is 8.58. The second-order valence-electron chi connectivity index (χ2n) is 7.65. The van der Waals surface area contributed by atoms with Crippen molar-refractivity contribution in [2.24, 2.45) is 5.41 Å². The van der Waals surface area contributed by atoms with Gasteiger partial charge in [0.25, 0.3) is 0 Å². The fourth-order valence-electron chi connectivity index (χ4n) is 5.01. The van der Waals surface area contributed by atoms with Gasteiger partial charge in [-0.2, -0.15) is 0 Å². The van der Waals surface area contributed by atoms with E-state index in [4.69, 9.17) is 17.0 Å². The third-order valence-electron chi connectivity index (χ3n) is 6.24. The summed E-state index contributed by atoms with van der Waals surface area (Å²) in [6, 6.07) is 16.8. The number of rotatable bonds is 7. The number of hydrogen-bond donors (Lipinski definition) is 2. The van der Waals surface area contributed by atoms with Crippen molar-refractivity contribution in [3.63, 3.8) is 0 Å². The van der Waals surface area contributed by atoms with Crippen LogP contribution in [0.15, 0.2) is 60.7 Å². The molecule has 2 nitrogen and oxygen atoms in total. The van der Waals surface area contributed by atoms with Crippen molar-refractivity contribution < 1.29 is 29.6 Å². The van der Waals surface area contributed by atoms with Crippen LogP contribution < -0.4 is 0 Å². The van der Waals surface area contributed by atoms with Crippen LogP contribution in [0, 0.1) is 5.41 Å². The molecule has 0 heterocycles. The van der Waals surface area contributed by atoms with Crippen LogP contribution in [0.4, 0.5) is 0 Å². The maximum atomic E-state index is 10.8. The minimum atomic E-state index is -2.86. The van der Waals surface area contributed by atoms with Gasteiger partial charge in [0.2, 0.25) is 0 Å². The van der Waals surface area contributed by atoms with Crippen LogP contribution >= 0.6 is 17.0 Å². The van der Waals surface area contributed by atoms with E-state index in [2.05, 4.69) is 60.7 Å². The molecule has 3 atom stereocenters. The molecule has 2 aromatic rings. The first kappa shape index (κ1) is 20.6. The molecule has 0 saturated carbocycles. The van der Waals surface area contributed by atoms with E-state index in [1.807, 2.05) is 12.1 Å². The minimum absolute atomic E-state index is 0.0506. The molecule has 5 heteroatoms. The van der Waals surface area contributed by atoms with Gasteiger partial charge < -0.3 is 0 Å². The Kier molecular flexibility index (Phi) is 6.30. The number of halogens is 2. The second-order valence-corrected chi connectivity index (χ2v) is 16.7. The monoisotopic (exact) mass is 491 g/mol. The van der Waals surface area contributed by atoms with E-state index < -0.39 is 28.6 Å². The Hall–Kier alpha value is -0.697. The number of allylic oxidation sites excluding steroid dienone is 2. The van der Waals surface area contributed by atoms with Gasteiger partial charge in [-0.1, -0.05) is 0 Å². The van der Waals surface area contributed by atoms with Crippen molar-refractivity contribution in [1.29, 1.82) is 0 Å². The Balaban J connectivity index is 1.86. The third-order valence-corrected chi connectivity index (χ3v) is 11.0. The van der Waals surface area contributed by atoms with Crippen molar-refractivity contribution in [3.8, 4) is 0 Å². The predicted molar refractivity (Wildman–Crippen MR) is 113 cm³/mol. The van der Waals surface area contributed by atoms with Crippen LogP contribution in [0.3, 0.4) is 0 Å². The van der Waals surface area contributed by atoms with Crippen molar-refractivity contribution >= 4 is 29.2 Å². The van der Waals surface area contributed by atoms with Crippen molar-refractivity contribution in [3.05, 3.63) is 82.9 Å². The first-order valence-electron chi connectivity index (χ1n) is 9.58. The van der Waals surface area contributed by atoms with Crippen LogP contribution in [0.25, 0.3) is 12.2 Å². The number of fused-ring (bicyclic) bond motifs is 2. The topological polar surface area (TPSA) is 40.5 Å². The SMILES string of the molecule is OCCC(C[CH](O)[Zr]([Cl])[Cl])(C1C=Cc2ccccc21)C1C=Cc2ccccc21. The molecule has 2 N–H and O–H groups in total. The molecular weight excluding hydrogens is 470 g/mol. The number of hydrogen-bond acceptors (Lipinski definition) is 2. The Morgan fingerprint density at radius 2 is 1.39 bits per heavy atom. The van der Waals surface area contributed by atoms with Crippen molar-refractivity contribution in [2.75, 3.05) is 6.61 Å². The predicted octanol–water partition coefficient (Wildman–Crippen LogP) is 5.61. The Bertz CT molecular complexity index is 847. The molecule has 0 bridgehead atoms. The molecule has 0 spiro atoms. The summed E-state index contributed by atoms with van der Waals surface area (Å²) < 4.78 is -0.681. The summed E-state index contributed by atoms with van der Waals surface area (Å²) in [7, 11) is 12.5. The first-order chi connectivity index (χ1) is 13.6. The van der Waals surface area contributed by atoms with Gasteiger partial charge in [0.1, 0.15) is 0 Å². The third kappa shape index (κ3) is 3.61. The summed E-state index contributed by atoms with van der Waals surface area (Å²) in [5, 5.41) is 20.9. The van der Waals surface area contributed by atoms with Crippen LogP contribution in [-0.2, 0) is 19.4 Å². The fraction of sp³-hybridized carbons (Fsp3) is 0.304. The van der Waals surface area contributed by atoms with Gasteiger partial charge in [-0.25, -0.2) is 0 Å². The standard InChI is InChI=1S/C23H23O2.2ClH.Zr/c24-15-13-23(14-16-25,21-11-9-17-5-1-3-7-19(17)21)22-12-10-18-6-2-4-8-20(18)22;;;/h1-12,15,21-22,24-25H,13-14,16H2;2*1H;/q;;;+2/p-2. The van der Waals surface area contributed by atoms with Gasteiger partial charge in [-0.15, -0.1) is 0 Å². The van der Waals surface area contributed by atoms with Crippen molar-refractivity contribution in [2.45, 2.75) is 28.5 Å². The summed E-state index contributed by atoms with van der Waals surface area (Å²) in [6.07, 6.45) is 9.83. The molecule has 4 rings (SSSR count). The molecule has 0 radical (unpaired) electrons. The van der Waals surface area contributed by atoms with Gasteiger partial charge >= 0.3 is 182 Å². The van der Waals surface area contributed by atoms with Gasteiger partial charge in [0.15, 0.2) is 0 Å². The van der Waals surface area contributed by atoms with E-state index in [1.54, 1.807) is 0 Å². The van der Waals surface area contributed by atoms with E-state index in [0.717, 1.165) is 0 Å². The molecule has 0 amide bonds. The molecule has 28 heavy (non-hydrogen) atoms. The normalized spacial score (nSPS) is 22.6. The zero-order valence-electron chi connectivity index (χ0n) is 15.4. The van der Waals surface area contributed by atoms with Gasteiger partial charge in [-0.3, -0.25) is 0 Å². The summed E-state index contributed by atoms with van der Waals surface area (Å²) >= 11 is -2.86.